The van der Waals surface area contributed by atoms with Crippen LogP contribution in [0.1, 0.15) is 29.2 Å². The van der Waals surface area contributed by atoms with Crippen LogP contribution >= 0.6 is 0 Å². The van der Waals surface area contributed by atoms with Crippen LogP contribution in [0.2, 0.25) is 0 Å². The second-order valence-electron chi connectivity index (χ2n) is 8.57. The molecular weight excluding hydrogens is 410 g/mol. The SMILES string of the molecule is O=C(CCc1c[nH]c2ccccc12)NCCN1Cc2ccccc2OC(c2ccccc2)C1. The first-order chi connectivity index (χ1) is 16.3. The average Bonchev–Trinajstić information content (AvgIpc) is 3.17. The molecule has 0 saturated heterocycles. The maximum atomic E-state index is 12.5. The zero-order valence-electron chi connectivity index (χ0n) is 18.7. The number of rotatable bonds is 7. The van der Waals surface area contributed by atoms with Crippen molar-refractivity contribution >= 4 is 16.8 Å². The number of ether oxygens (including phenoxy) is 1. The summed E-state index contributed by atoms with van der Waals surface area (Å²) in [7, 11) is 0. The number of amides is 1. The zero-order valence-corrected chi connectivity index (χ0v) is 18.7. The predicted octanol–water partition coefficient (Wildman–Crippen LogP) is 4.85. The van der Waals surface area contributed by atoms with Crippen LogP contribution in [-0.2, 0) is 17.8 Å². The third-order valence-corrected chi connectivity index (χ3v) is 6.28. The Bertz CT molecular complexity index is 1220. The van der Waals surface area contributed by atoms with Crippen LogP contribution in [0.5, 0.6) is 5.75 Å². The molecule has 1 aromatic heterocycles. The summed E-state index contributed by atoms with van der Waals surface area (Å²) >= 11 is 0. The second-order valence-corrected chi connectivity index (χ2v) is 8.57. The first-order valence-electron chi connectivity index (χ1n) is 11.6. The number of nitrogens with one attached hydrogen (secondary N) is 2. The molecule has 5 nitrogen and oxygen atoms in total. The Labute approximate surface area is 194 Å². The van der Waals surface area contributed by atoms with Gasteiger partial charge in [-0.1, -0.05) is 66.7 Å². The normalized spacial score (nSPS) is 16.1. The summed E-state index contributed by atoms with van der Waals surface area (Å²) in [4.78, 5) is 18.1. The first-order valence-corrected chi connectivity index (χ1v) is 11.6. The molecule has 33 heavy (non-hydrogen) atoms. The van der Waals surface area contributed by atoms with Gasteiger partial charge in [0.25, 0.3) is 0 Å². The van der Waals surface area contributed by atoms with Crippen LogP contribution in [0.25, 0.3) is 10.9 Å². The Kier molecular flexibility index (Phi) is 6.40. The van der Waals surface area contributed by atoms with Gasteiger partial charge in [0.05, 0.1) is 0 Å². The van der Waals surface area contributed by atoms with E-state index < -0.39 is 0 Å². The van der Waals surface area contributed by atoms with Gasteiger partial charge < -0.3 is 15.0 Å². The van der Waals surface area contributed by atoms with Crippen LogP contribution in [0, 0.1) is 0 Å². The van der Waals surface area contributed by atoms with Gasteiger partial charge in [-0.3, -0.25) is 9.69 Å². The largest absolute Gasteiger partial charge is 0.484 e. The molecule has 1 aliphatic rings. The fourth-order valence-electron chi connectivity index (χ4n) is 4.52. The second kappa shape index (κ2) is 9.92. The van der Waals surface area contributed by atoms with Crippen molar-refractivity contribution in [2.75, 3.05) is 19.6 Å². The minimum absolute atomic E-state index is 0.0348. The van der Waals surface area contributed by atoms with Gasteiger partial charge in [0, 0.05) is 55.3 Å². The number of aromatic nitrogens is 1. The maximum Gasteiger partial charge on any atom is 0.220 e. The van der Waals surface area contributed by atoms with E-state index in [1.165, 1.54) is 22.1 Å². The first kappa shape index (κ1) is 21.3. The van der Waals surface area contributed by atoms with Crippen molar-refractivity contribution in [3.05, 3.63) is 102 Å². The summed E-state index contributed by atoms with van der Waals surface area (Å²) in [6.07, 6.45) is 3.20. The number of aryl methyl sites for hydroxylation is 1. The molecule has 1 atom stereocenters. The molecule has 2 N–H and O–H groups in total. The fraction of sp³-hybridized carbons (Fsp3) is 0.250. The lowest BCUT2D eigenvalue weighted by Crippen LogP contribution is -2.36. The van der Waals surface area contributed by atoms with Crippen LogP contribution < -0.4 is 10.1 Å². The molecule has 0 fully saturated rings. The minimum atomic E-state index is -0.0348. The summed E-state index contributed by atoms with van der Waals surface area (Å²) in [6, 6.07) is 26.8. The Morgan fingerprint density at radius 3 is 2.70 bits per heavy atom. The lowest BCUT2D eigenvalue weighted by molar-refractivity contribution is -0.121. The molecule has 0 spiro atoms. The highest BCUT2D eigenvalue weighted by molar-refractivity contribution is 5.84. The average molecular weight is 440 g/mol. The standard InChI is InChI=1S/C28H29N3O2/c32-28(15-14-22-18-30-25-12-6-5-11-24(22)25)29-16-17-31-19-23-10-4-7-13-26(23)33-27(20-31)21-8-2-1-3-9-21/h1-13,18,27,30H,14-17,19-20H2,(H,29,32). The van der Waals surface area contributed by atoms with Crippen LogP contribution in [0.3, 0.4) is 0 Å². The maximum absolute atomic E-state index is 12.5. The number of fused-ring (bicyclic) bond motifs is 2. The summed E-state index contributed by atoms with van der Waals surface area (Å²) in [6.45, 7) is 2.99. The Hall–Kier alpha value is -3.57. The third-order valence-electron chi connectivity index (χ3n) is 6.28. The summed E-state index contributed by atoms with van der Waals surface area (Å²) < 4.78 is 6.38. The smallest absolute Gasteiger partial charge is 0.220 e. The number of aromatic amines is 1. The topological polar surface area (TPSA) is 57.4 Å². The van der Waals surface area contributed by atoms with Crippen molar-refractivity contribution in [1.82, 2.24) is 15.2 Å². The number of hydrogen-bond acceptors (Lipinski definition) is 3. The van der Waals surface area contributed by atoms with Gasteiger partial charge in [-0.25, -0.2) is 0 Å². The van der Waals surface area contributed by atoms with E-state index in [4.69, 9.17) is 4.74 Å². The number of hydrogen-bond donors (Lipinski definition) is 2. The van der Waals surface area contributed by atoms with Gasteiger partial charge in [-0.05, 0) is 29.7 Å². The summed E-state index contributed by atoms with van der Waals surface area (Å²) in [5.74, 6) is 1.03. The molecule has 5 heteroatoms. The highest BCUT2D eigenvalue weighted by atomic mass is 16.5. The lowest BCUT2D eigenvalue weighted by atomic mass is 10.1. The lowest BCUT2D eigenvalue weighted by Gasteiger charge is -2.24. The van der Waals surface area contributed by atoms with E-state index in [1.54, 1.807) is 0 Å². The summed E-state index contributed by atoms with van der Waals surface area (Å²) in [5, 5.41) is 4.30. The van der Waals surface area contributed by atoms with Gasteiger partial charge in [0.1, 0.15) is 11.9 Å². The molecule has 0 aliphatic carbocycles. The van der Waals surface area contributed by atoms with Gasteiger partial charge in [-0.2, -0.15) is 0 Å². The number of benzene rings is 3. The molecule has 4 aromatic rings. The molecule has 0 radical (unpaired) electrons. The number of carbonyl (C=O) groups excluding carboxylic acids is 1. The number of para-hydroxylation sites is 2. The quantitative estimate of drug-likeness (QED) is 0.433. The van der Waals surface area contributed by atoms with Gasteiger partial charge in [-0.15, -0.1) is 0 Å². The van der Waals surface area contributed by atoms with Crippen molar-refractivity contribution in [3.63, 3.8) is 0 Å². The van der Waals surface area contributed by atoms with Crippen molar-refractivity contribution in [3.8, 4) is 5.75 Å². The molecule has 5 rings (SSSR count). The van der Waals surface area contributed by atoms with Crippen LogP contribution in [0.15, 0.2) is 85.1 Å². The van der Waals surface area contributed by atoms with Crippen LogP contribution in [-0.4, -0.2) is 35.4 Å². The Morgan fingerprint density at radius 1 is 1.00 bits per heavy atom. The molecule has 0 saturated carbocycles. The van der Waals surface area contributed by atoms with E-state index in [9.17, 15) is 4.79 Å². The van der Waals surface area contributed by atoms with Crippen molar-refractivity contribution < 1.29 is 9.53 Å². The van der Waals surface area contributed by atoms with Crippen molar-refractivity contribution in [2.45, 2.75) is 25.5 Å². The molecule has 168 valence electrons. The van der Waals surface area contributed by atoms with E-state index in [-0.39, 0.29) is 12.0 Å². The molecule has 2 heterocycles. The highest BCUT2D eigenvalue weighted by Gasteiger charge is 2.24. The van der Waals surface area contributed by atoms with Gasteiger partial charge in [0.15, 0.2) is 0 Å². The van der Waals surface area contributed by atoms with E-state index in [0.717, 1.165) is 37.3 Å². The van der Waals surface area contributed by atoms with E-state index in [1.807, 2.05) is 48.7 Å². The van der Waals surface area contributed by atoms with Gasteiger partial charge in [0.2, 0.25) is 5.91 Å². The molecule has 3 aromatic carbocycles. The molecular formula is C28H29N3O2. The fourth-order valence-corrected chi connectivity index (χ4v) is 4.52. The number of carbonyl (C=O) groups is 1. The number of nitrogens with zero attached hydrogens (tertiary/aromatic N) is 1. The molecule has 1 unspecified atom stereocenters. The minimum Gasteiger partial charge on any atom is -0.484 e. The molecule has 0 bridgehead atoms. The van der Waals surface area contributed by atoms with Crippen LogP contribution in [0.4, 0.5) is 0 Å². The van der Waals surface area contributed by atoms with Crippen molar-refractivity contribution in [1.29, 1.82) is 0 Å². The van der Waals surface area contributed by atoms with E-state index in [0.29, 0.717) is 13.0 Å². The molecule has 1 amide bonds. The predicted molar refractivity (Wildman–Crippen MR) is 131 cm³/mol. The number of H-pyrrole nitrogens is 1. The molecule has 1 aliphatic heterocycles. The van der Waals surface area contributed by atoms with Crippen molar-refractivity contribution in [2.24, 2.45) is 0 Å². The zero-order chi connectivity index (χ0) is 22.5. The monoisotopic (exact) mass is 439 g/mol. The van der Waals surface area contributed by atoms with E-state index >= 15 is 0 Å². The Morgan fingerprint density at radius 2 is 1.79 bits per heavy atom. The van der Waals surface area contributed by atoms with E-state index in [2.05, 4.69) is 51.6 Å². The highest BCUT2D eigenvalue weighted by Crippen LogP contribution is 2.30. The van der Waals surface area contributed by atoms with Gasteiger partial charge >= 0.3 is 0 Å². The Balaban J connectivity index is 1.17. The summed E-state index contributed by atoms with van der Waals surface area (Å²) in [5.41, 5.74) is 4.65. The third kappa shape index (κ3) is 5.10.